The molecule has 11 nitrogen and oxygen atoms in total. The van der Waals surface area contributed by atoms with Crippen molar-refractivity contribution >= 4 is 23.7 Å². The SMILES string of the molecule is CN1C(C)(C)CC(C(=O)OC2CCC(OC(=O)C3CC(C)(C)N(C)C(C)(C)C3)C(OC(=O)C3CC(C)(C)NC(C)(C)C3)C2CC(=O)C2CC(C)(C)NC(C)(C)C2)CC1(C)C. The molecule has 0 radical (unpaired) electrons. The van der Waals surface area contributed by atoms with Crippen LogP contribution in [0.5, 0.6) is 0 Å². The first-order valence-corrected chi connectivity index (χ1v) is 23.3. The van der Waals surface area contributed by atoms with E-state index in [4.69, 9.17) is 14.2 Å². The molecule has 0 bridgehead atoms. The zero-order valence-electron chi connectivity index (χ0n) is 41.1. The van der Waals surface area contributed by atoms with Crippen molar-refractivity contribution in [1.82, 2.24) is 20.4 Å². The number of hydrogen-bond donors (Lipinski definition) is 2. The maximum atomic E-state index is 14.8. The van der Waals surface area contributed by atoms with Crippen LogP contribution < -0.4 is 10.6 Å². The lowest BCUT2D eigenvalue weighted by Gasteiger charge is -2.53. The van der Waals surface area contributed by atoms with Gasteiger partial charge in [0.15, 0.2) is 0 Å². The van der Waals surface area contributed by atoms with E-state index in [1.165, 1.54) is 0 Å². The normalized spacial score (nSPS) is 33.0. The van der Waals surface area contributed by atoms with E-state index in [9.17, 15) is 19.2 Å². The summed E-state index contributed by atoms with van der Waals surface area (Å²) in [6, 6.07) is 0. The number of likely N-dealkylation sites (tertiary alicyclic amines) is 2. The van der Waals surface area contributed by atoms with Crippen molar-refractivity contribution in [3.05, 3.63) is 0 Å². The summed E-state index contributed by atoms with van der Waals surface area (Å²) >= 11 is 0. The molecule has 1 aliphatic carbocycles. The second-order valence-corrected chi connectivity index (χ2v) is 25.3. The summed E-state index contributed by atoms with van der Waals surface area (Å²) in [7, 11) is 4.23. The van der Waals surface area contributed by atoms with Gasteiger partial charge in [0.2, 0.25) is 0 Å². The molecule has 0 aromatic rings. The Labute approximate surface area is 364 Å². The molecular weight excluding hydrogens is 757 g/mol. The molecule has 60 heavy (non-hydrogen) atoms. The largest absolute Gasteiger partial charge is 0.462 e. The average molecular weight is 843 g/mol. The fourth-order valence-corrected chi connectivity index (χ4v) is 13.1. The smallest absolute Gasteiger partial charge is 0.309 e. The lowest BCUT2D eigenvalue weighted by Crippen LogP contribution is -2.61. The van der Waals surface area contributed by atoms with Crippen LogP contribution in [-0.2, 0) is 33.4 Å². The lowest BCUT2D eigenvalue weighted by molar-refractivity contribution is -0.201. The minimum absolute atomic E-state index is 0.0582. The molecule has 11 heteroatoms. The molecule has 4 aliphatic heterocycles. The van der Waals surface area contributed by atoms with Crippen LogP contribution in [0.4, 0.5) is 0 Å². The number of esters is 3. The maximum absolute atomic E-state index is 14.8. The van der Waals surface area contributed by atoms with Gasteiger partial charge in [-0.3, -0.25) is 29.0 Å². The number of ketones is 1. The van der Waals surface area contributed by atoms with Gasteiger partial charge in [-0.05, 0) is 189 Å². The van der Waals surface area contributed by atoms with Crippen molar-refractivity contribution < 1.29 is 33.4 Å². The first-order chi connectivity index (χ1) is 27.0. The fourth-order valence-electron chi connectivity index (χ4n) is 13.1. The van der Waals surface area contributed by atoms with E-state index in [0.717, 1.165) is 0 Å². The third-order valence-electron chi connectivity index (χ3n) is 15.7. The third kappa shape index (κ3) is 11.2. The van der Waals surface area contributed by atoms with Gasteiger partial charge in [0.1, 0.15) is 24.1 Å². The van der Waals surface area contributed by atoms with Gasteiger partial charge in [0.05, 0.1) is 17.8 Å². The summed E-state index contributed by atoms with van der Waals surface area (Å²) in [4.78, 5) is 63.0. The minimum Gasteiger partial charge on any atom is -0.462 e. The summed E-state index contributed by atoms with van der Waals surface area (Å²) in [5.74, 6) is -2.85. The van der Waals surface area contributed by atoms with E-state index in [-0.39, 0.29) is 92.2 Å². The van der Waals surface area contributed by atoms with E-state index in [2.05, 4.69) is 145 Å². The molecule has 1 saturated carbocycles. The predicted molar refractivity (Wildman–Crippen MR) is 237 cm³/mol. The van der Waals surface area contributed by atoms with Crippen LogP contribution in [0.3, 0.4) is 0 Å². The Bertz CT molecular complexity index is 1440. The van der Waals surface area contributed by atoms with Crippen molar-refractivity contribution in [3.8, 4) is 0 Å². The van der Waals surface area contributed by atoms with Crippen LogP contribution in [0.25, 0.3) is 0 Å². The van der Waals surface area contributed by atoms with Crippen LogP contribution in [0, 0.1) is 29.6 Å². The zero-order chi connectivity index (χ0) is 45.4. The molecule has 344 valence electrons. The average Bonchev–Trinajstić information content (AvgIpc) is 3.04. The Kier molecular flexibility index (Phi) is 13.4. The lowest BCUT2D eigenvalue weighted by atomic mass is 9.70. The van der Waals surface area contributed by atoms with Gasteiger partial charge in [-0.2, -0.15) is 0 Å². The maximum Gasteiger partial charge on any atom is 0.309 e. The third-order valence-corrected chi connectivity index (χ3v) is 15.7. The predicted octanol–water partition coefficient (Wildman–Crippen LogP) is 8.00. The molecule has 4 saturated heterocycles. The molecule has 5 aliphatic rings. The Morgan fingerprint density at radius 1 is 0.450 bits per heavy atom. The molecule has 5 rings (SSSR count). The highest BCUT2D eigenvalue weighted by Crippen LogP contribution is 2.45. The Morgan fingerprint density at radius 2 is 0.750 bits per heavy atom. The number of rotatable bonds is 9. The second-order valence-electron chi connectivity index (χ2n) is 25.3. The van der Waals surface area contributed by atoms with Crippen LogP contribution in [0.1, 0.15) is 181 Å². The van der Waals surface area contributed by atoms with Crippen molar-refractivity contribution in [1.29, 1.82) is 0 Å². The van der Waals surface area contributed by atoms with Gasteiger partial charge < -0.3 is 24.8 Å². The quantitative estimate of drug-likeness (QED) is 0.173. The molecule has 4 heterocycles. The highest BCUT2D eigenvalue weighted by atomic mass is 16.6. The standard InChI is InChI=1S/C49H86N4O7/c1-42(2)22-30(23-43(3,4)50-42)35(54)21-34-36(58-39(55)32-26-46(9,10)52(17)47(11,12)27-32)19-20-37(59-40(56)33-28-48(13,14)53(18)49(15,16)29-33)38(34)60-41(57)31-24-44(5,6)51-45(7,8)25-31/h30-34,36-38,50-51H,19-29H2,1-18H3. The molecule has 0 spiro atoms. The number of nitrogens with zero attached hydrogens (tertiary/aromatic N) is 2. The first-order valence-electron chi connectivity index (χ1n) is 23.3. The number of carbonyl (C=O) groups excluding carboxylic acids is 4. The van der Waals surface area contributed by atoms with Gasteiger partial charge in [-0.25, -0.2) is 0 Å². The van der Waals surface area contributed by atoms with Crippen LogP contribution in [0.15, 0.2) is 0 Å². The number of carbonyl (C=O) groups is 4. The summed E-state index contributed by atoms with van der Waals surface area (Å²) in [5, 5.41) is 7.38. The van der Waals surface area contributed by atoms with Gasteiger partial charge in [-0.15, -0.1) is 0 Å². The topological polar surface area (TPSA) is 127 Å². The highest BCUT2D eigenvalue weighted by molar-refractivity contribution is 5.82. The van der Waals surface area contributed by atoms with E-state index < -0.39 is 30.1 Å². The Balaban J connectivity index is 1.52. The molecule has 0 aromatic heterocycles. The van der Waals surface area contributed by atoms with Crippen molar-refractivity contribution in [2.24, 2.45) is 29.6 Å². The van der Waals surface area contributed by atoms with Crippen molar-refractivity contribution in [3.63, 3.8) is 0 Å². The molecular formula is C49H86N4O7. The van der Waals surface area contributed by atoms with Gasteiger partial charge >= 0.3 is 17.9 Å². The molecule has 0 amide bonds. The molecule has 4 unspecified atom stereocenters. The minimum atomic E-state index is -0.960. The number of hydrogen-bond acceptors (Lipinski definition) is 11. The number of Topliss-reactive ketones (excluding diaryl/α,β-unsaturated/α-hetero) is 1. The number of ether oxygens (including phenoxy) is 3. The molecule has 2 N–H and O–H groups in total. The fraction of sp³-hybridized carbons (Fsp3) is 0.918. The molecule has 4 atom stereocenters. The van der Waals surface area contributed by atoms with Crippen molar-refractivity contribution in [2.45, 2.75) is 244 Å². The van der Waals surface area contributed by atoms with Gasteiger partial charge in [-0.1, -0.05) is 0 Å². The van der Waals surface area contributed by atoms with Crippen LogP contribution >= 0.6 is 0 Å². The van der Waals surface area contributed by atoms with E-state index in [0.29, 0.717) is 64.2 Å². The summed E-state index contributed by atoms with van der Waals surface area (Å²) < 4.78 is 19.9. The first kappa shape index (κ1) is 48.9. The monoisotopic (exact) mass is 843 g/mol. The van der Waals surface area contributed by atoms with Gasteiger partial charge in [0, 0.05) is 62.6 Å². The number of nitrogens with one attached hydrogen (secondary N) is 2. The number of piperidine rings is 4. The summed E-state index contributed by atoms with van der Waals surface area (Å²) in [5.41, 5.74) is -2.07. The molecule has 5 fully saturated rings. The Hall–Kier alpha value is -2.08. The van der Waals surface area contributed by atoms with E-state index >= 15 is 0 Å². The Morgan fingerprint density at radius 3 is 1.13 bits per heavy atom. The van der Waals surface area contributed by atoms with E-state index in [1.54, 1.807) is 0 Å². The summed E-state index contributed by atoms with van der Waals surface area (Å²) in [6.07, 6.45) is 3.41. The van der Waals surface area contributed by atoms with Gasteiger partial charge in [0.25, 0.3) is 0 Å². The van der Waals surface area contributed by atoms with Crippen LogP contribution in [0.2, 0.25) is 0 Å². The van der Waals surface area contributed by atoms with Crippen LogP contribution in [-0.4, -0.2) is 110 Å². The second kappa shape index (κ2) is 16.5. The van der Waals surface area contributed by atoms with E-state index in [1.807, 2.05) is 0 Å². The molecule has 0 aromatic carbocycles. The summed E-state index contributed by atoms with van der Waals surface area (Å²) in [6.45, 7) is 34.3. The van der Waals surface area contributed by atoms with Crippen molar-refractivity contribution in [2.75, 3.05) is 14.1 Å². The highest BCUT2D eigenvalue weighted by Gasteiger charge is 2.53. The zero-order valence-corrected chi connectivity index (χ0v) is 41.1.